The zero-order valence-electron chi connectivity index (χ0n) is 13.1. The highest BCUT2D eigenvalue weighted by atomic mass is 32.2. The minimum absolute atomic E-state index is 0.00537. The SMILES string of the molecule is CC(C)CSc1nc2c(cnn2-c2ccc([N+](=O)[O-])cc2)c(=O)[nH]1. The van der Waals surface area contributed by atoms with E-state index in [2.05, 4.69) is 28.9 Å². The van der Waals surface area contributed by atoms with Crippen molar-refractivity contribution in [3.63, 3.8) is 0 Å². The summed E-state index contributed by atoms with van der Waals surface area (Å²) in [6.07, 6.45) is 1.44. The standard InChI is InChI=1S/C15H15N5O3S/c1-9(2)8-24-15-17-13-12(14(21)18-15)7-16-19(13)10-3-5-11(6-4-10)20(22)23/h3-7,9H,8H2,1-2H3,(H,17,18,21). The summed E-state index contributed by atoms with van der Waals surface area (Å²) in [4.78, 5) is 29.7. The second-order valence-electron chi connectivity index (χ2n) is 5.64. The monoisotopic (exact) mass is 345 g/mol. The number of H-pyrrole nitrogens is 1. The van der Waals surface area contributed by atoms with Crippen LogP contribution in [0.25, 0.3) is 16.7 Å². The number of nitrogens with zero attached hydrogens (tertiary/aromatic N) is 4. The number of hydrogen-bond donors (Lipinski definition) is 1. The van der Waals surface area contributed by atoms with Gasteiger partial charge in [-0.1, -0.05) is 25.6 Å². The van der Waals surface area contributed by atoms with Crippen LogP contribution in [-0.2, 0) is 0 Å². The first-order chi connectivity index (χ1) is 11.5. The zero-order valence-corrected chi connectivity index (χ0v) is 13.9. The molecule has 0 fully saturated rings. The van der Waals surface area contributed by atoms with Crippen LogP contribution in [0.2, 0.25) is 0 Å². The van der Waals surface area contributed by atoms with Crippen LogP contribution >= 0.6 is 11.8 Å². The Hall–Kier alpha value is -2.68. The van der Waals surface area contributed by atoms with Crippen LogP contribution in [0.4, 0.5) is 5.69 Å². The highest BCUT2D eigenvalue weighted by molar-refractivity contribution is 7.99. The molecule has 9 heteroatoms. The molecule has 8 nitrogen and oxygen atoms in total. The molecule has 0 aliphatic carbocycles. The molecular formula is C15H15N5O3S. The van der Waals surface area contributed by atoms with Gasteiger partial charge < -0.3 is 4.98 Å². The molecule has 0 bridgehead atoms. The van der Waals surface area contributed by atoms with Gasteiger partial charge in [-0.2, -0.15) is 5.10 Å². The lowest BCUT2D eigenvalue weighted by molar-refractivity contribution is -0.384. The maximum atomic E-state index is 12.2. The lowest BCUT2D eigenvalue weighted by atomic mass is 10.3. The van der Waals surface area contributed by atoms with E-state index in [4.69, 9.17) is 0 Å². The van der Waals surface area contributed by atoms with Crippen molar-refractivity contribution in [3.05, 3.63) is 50.9 Å². The van der Waals surface area contributed by atoms with E-state index in [0.717, 1.165) is 5.75 Å². The summed E-state index contributed by atoms with van der Waals surface area (Å²) in [6.45, 7) is 4.18. The summed E-state index contributed by atoms with van der Waals surface area (Å²) in [5.74, 6) is 1.30. The molecule has 3 aromatic rings. The largest absolute Gasteiger partial charge is 0.301 e. The van der Waals surface area contributed by atoms with Crippen molar-refractivity contribution in [1.29, 1.82) is 0 Å². The molecule has 3 rings (SSSR count). The van der Waals surface area contributed by atoms with Crippen LogP contribution in [0.15, 0.2) is 40.4 Å². The summed E-state index contributed by atoms with van der Waals surface area (Å²) in [7, 11) is 0. The Morgan fingerprint density at radius 1 is 1.33 bits per heavy atom. The summed E-state index contributed by atoms with van der Waals surface area (Å²) < 4.78 is 1.51. The Morgan fingerprint density at radius 3 is 2.67 bits per heavy atom. The van der Waals surface area contributed by atoms with Crippen LogP contribution in [-0.4, -0.2) is 30.4 Å². The Labute approximate surface area is 141 Å². The zero-order chi connectivity index (χ0) is 17.3. The van der Waals surface area contributed by atoms with Gasteiger partial charge in [-0.3, -0.25) is 14.9 Å². The maximum Gasteiger partial charge on any atom is 0.269 e. The van der Waals surface area contributed by atoms with Gasteiger partial charge in [0, 0.05) is 17.9 Å². The average molecular weight is 345 g/mol. The summed E-state index contributed by atoms with van der Waals surface area (Å²) >= 11 is 1.47. The summed E-state index contributed by atoms with van der Waals surface area (Å²) in [5, 5.41) is 15.9. The molecule has 124 valence electrons. The van der Waals surface area contributed by atoms with E-state index < -0.39 is 4.92 Å². The Kier molecular flexibility index (Phi) is 4.34. The number of rotatable bonds is 5. The van der Waals surface area contributed by atoms with Crippen molar-refractivity contribution in [2.24, 2.45) is 5.92 Å². The maximum absolute atomic E-state index is 12.2. The van der Waals surface area contributed by atoms with Gasteiger partial charge in [0.15, 0.2) is 10.8 Å². The second-order valence-corrected chi connectivity index (χ2v) is 6.65. The number of hydrogen-bond acceptors (Lipinski definition) is 6. The van der Waals surface area contributed by atoms with Gasteiger partial charge in [-0.05, 0) is 18.1 Å². The average Bonchev–Trinajstić information content (AvgIpc) is 2.97. The van der Waals surface area contributed by atoms with Crippen LogP contribution in [0.1, 0.15) is 13.8 Å². The summed E-state index contributed by atoms with van der Waals surface area (Å²) in [5.41, 5.74) is 0.779. The third kappa shape index (κ3) is 3.16. The molecule has 0 unspecified atom stereocenters. The van der Waals surface area contributed by atoms with Gasteiger partial charge in [0.25, 0.3) is 11.2 Å². The Balaban J connectivity index is 2.05. The quantitative estimate of drug-likeness (QED) is 0.330. The number of fused-ring (bicyclic) bond motifs is 1. The first-order valence-electron chi connectivity index (χ1n) is 7.31. The van der Waals surface area contributed by atoms with E-state index in [9.17, 15) is 14.9 Å². The van der Waals surface area contributed by atoms with Crippen molar-refractivity contribution in [1.82, 2.24) is 19.7 Å². The minimum atomic E-state index is -0.464. The third-order valence-electron chi connectivity index (χ3n) is 3.27. The van der Waals surface area contributed by atoms with E-state index >= 15 is 0 Å². The van der Waals surface area contributed by atoms with Crippen molar-refractivity contribution >= 4 is 28.5 Å². The lowest BCUT2D eigenvalue weighted by Gasteiger charge is -2.05. The van der Waals surface area contributed by atoms with E-state index in [1.165, 1.54) is 34.8 Å². The van der Waals surface area contributed by atoms with Gasteiger partial charge in [-0.15, -0.1) is 0 Å². The first-order valence-corrected chi connectivity index (χ1v) is 8.30. The molecule has 2 heterocycles. The molecule has 0 aliphatic heterocycles. The number of nitro benzene ring substituents is 1. The van der Waals surface area contributed by atoms with E-state index in [1.54, 1.807) is 12.1 Å². The topological polar surface area (TPSA) is 107 Å². The van der Waals surface area contributed by atoms with E-state index in [1.807, 2.05) is 0 Å². The molecule has 1 aromatic carbocycles. The Bertz CT molecular complexity index is 946. The number of nitro groups is 1. The van der Waals surface area contributed by atoms with Crippen LogP contribution in [0.5, 0.6) is 0 Å². The molecule has 0 atom stereocenters. The van der Waals surface area contributed by atoms with E-state index in [-0.39, 0.29) is 11.2 Å². The molecule has 2 aromatic heterocycles. The summed E-state index contributed by atoms with van der Waals surface area (Å²) in [6, 6.07) is 5.94. The van der Waals surface area contributed by atoms with E-state index in [0.29, 0.717) is 27.8 Å². The molecule has 0 spiro atoms. The number of benzene rings is 1. The molecule has 0 amide bonds. The first kappa shape index (κ1) is 16.2. The molecule has 0 saturated carbocycles. The van der Waals surface area contributed by atoms with Crippen molar-refractivity contribution < 1.29 is 4.92 Å². The predicted molar refractivity (Wildman–Crippen MR) is 91.7 cm³/mol. The highest BCUT2D eigenvalue weighted by Gasteiger charge is 2.13. The van der Waals surface area contributed by atoms with Gasteiger partial charge in [0.05, 0.1) is 16.8 Å². The number of non-ortho nitro benzene ring substituents is 1. The van der Waals surface area contributed by atoms with Crippen molar-refractivity contribution in [2.75, 3.05) is 5.75 Å². The highest BCUT2D eigenvalue weighted by Crippen LogP contribution is 2.20. The smallest absolute Gasteiger partial charge is 0.269 e. The predicted octanol–water partition coefficient (Wildman–Crippen LogP) is 2.77. The second kappa shape index (κ2) is 6.44. The number of aromatic amines is 1. The molecule has 0 aliphatic rings. The molecule has 24 heavy (non-hydrogen) atoms. The fraction of sp³-hybridized carbons (Fsp3) is 0.267. The van der Waals surface area contributed by atoms with Crippen LogP contribution in [0.3, 0.4) is 0 Å². The fourth-order valence-electron chi connectivity index (χ4n) is 2.12. The normalized spacial score (nSPS) is 11.3. The number of aromatic nitrogens is 4. The van der Waals surface area contributed by atoms with Gasteiger partial charge in [-0.25, -0.2) is 9.67 Å². The van der Waals surface area contributed by atoms with Crippen molar-refractivity contribution in [2.45, 2.75) is 19.0 Å². The molecular weight excluding hydrogens is 330 g/mol. The fourth-order valence-corrected chi connectivity index (χ4v) is 2.92. The number of nitrogens with one attached hydrogen (secondary N) is 1. The minimum Gasteiger partial charge on any atom is -0.301 e. The van der Waals surface area contributed by atoms with Gasteiger partial charge in [0.1, 0.15) is 5.39 Å². The molecule has 1 N–H and O–H groups in total. The molecule has 0 radical (unpaired) electrons. The molecule has 0 saturated heterocycles. The lowest BCUT2D eigenvalue weighted by Crippen LogP contribution is -2.10. The number of thioether (sulfide) groups is 1. The van der Waals surface area contributed by atoms with Crippen LogP contribution in [0, 0.1) is 16.0 Å². The van der Waals surface area contributed by atoms with Gasteiger partial charge >= 0.3 is 0 Å². The van der Waals surface area contributed by atoms with Crippen molar-refractivity contribution in [3.8, 4) is 5.69 Å². The van der Waals surface area contributed by atoms with Gasteiger partial charge in [0.2, 0.25) is 0 Å². The Morgan fingerprint density at radius 2 is 2.04 bits per heavy atom. The third-order valence-corrected chi connectivity index (χ3v) is 4.57. The van der Waals surface area contributed by atoms with Crippen LogP contribution < -0.4 is 5.56 Å².